The normalized spacial score (nSPS) is 10.4. The van der Waals surface area contributed by atoms with Crippen molar-refractivity contribution in [3.63, 3.8) is 0 Å². The first-order valence-corrected chi connectivity index (χ1v) is 4.17. The van der Waals surface area contributed by atoms with Crippen LogP contribution in [0, 0.1) is 0 Å². The Balaban J connectivity index is 0.00000196. The number of hydrogen-bond acceptors (Lipinski definition) is 4. The van der Waals surface area contributed by atoms with E-state index in [4.69, 9.17) is 5.73 Å². The summed E-state index contributed by atoms with van der Waals surface area (Å²) in [7, 11) is 0. The average Bonchev–Trinajstić information content (AvgIpc) is 2.26. The van der Waals surface area contributed by atoms with Gasteiger partial charge in [-0.1, -0.05) is 0 Å². The molecule has 0 saturated carbocycles. The van der Waals surface area contributed by atoms with Gasteiger partial charge in [-0.05, 0) is 19.1 Å². The van der Waals surface area contributed by atoms with Gasteiger partial charge in [-0.2, -0.15) is 5.10 Å². The molecule has 0 atom stereocenters. The third-order valence-corrected chi connectivity index (χ3v) is 1.63. The average molecular weight is 229 g/mol. The van der Waals surface area contributed by atoms with Gasteiger partial charge in [-0.3, -0.25) is 9.78 Å². The van der Waals surface area contributed by atoms with Gasteiger partial charge in [0.05, 0.1) is 12.3 Å². The lowest BCUT2D eigenvalue weighted by Crippen LogP contribution is -2.27. The minimum atomic E-state index is -0.307. The van der Waals surface area contributed by atoms with Crippen molar-refractivity contribution >= 4 is 24.0 Å². The standard InChI is InChI=1S/C9H12N4O.ClH/c1-7(12-13-9(14)6-10)8-2-4-11-5-3-8;/h2-5H,6,10H2,1H3,(H,13,14);1H/b12-7-;. The second kappa shape index (κ2) is 6.92. The van der Waals surface area contributed by atoms with Crippen molar-refractivity contribution in [3.8, 4) is 0 Å². The Morgan fingerprint density at radius 1 is 1.53 bits per heavy atom. The Labute approximate surface area is 94.2 Å². The fourth-order valence-corrected chi connectivity index (χ4v) is 0.850. The largest absolute Gasteiger partial charge is 0.322 e. The smallest absolute Gasteiger partial charge is 0.253 e. The van der Waals surface area contributed by atoms with Crippen molar-refractivity contribution in [2.45, 2.75) is 6.92 Å². The number of nitrogens with one attached hydrogen (secondary N) is 1. The van der Waals surface area contributed by atoms with E-state index in [1.165, 1.54) is 0 Å². The van der Waals surface area contributed by atoms with Gasteiger partial charge in [0.2, 0.25) is 0 Å². The molecular weight excluding hydrogens is 216 g/mol. The van der Waals surface area contributed by atoms with Crippen molar-refractivity contribution in [1.29, 1.82) is 0 Å². The van der Waals surface area contributed by atoms with Crippen molar-refractivity contribution in [2.24, 2.45) is 10.8 Å². The summed E-state index contributed by atoms with van der Waals surface area (Å²) >= 11 is 0. The number of pyridine rings is 1. The van der Waals surface area contributed by atoms with Crippen LogP contribution in [0.2, 0.25) is 0 Å². The maximum Gasteiger partial charge on any atom is 0.253 e. The molecule has 6 heteroatoms. The lowest BCUT2D eigenvalue weighted by molar-refractivity contribution is -0.119. The molecule has 0 bridgehead atoms. The first-order chi connectivity index (χ1) is 6.74. The third kappa shape index (κ3) is 4.53. The Bertz CT molecular complexity index is 339. The highest BCUT2D eigenvalue weighted by Crippen LogP contribution is 1.97. The van der Waals surface area contributed by atoms with E-state index in [2.05, 4.69) is 15.5 Å². The Morgan fingerprint density at radius 3 is 2.67 bits per heavy atom. The van der Waals surface area contributed by atoms with Crippen molar-refractivity contribution in [1.82, 2.24) is 10.4 Å². The van der Waals surface area contributed by atoms with Crippen LogP contribution in [-0.4, -0.2) is 23.1 Å². The van der Waals surface area contributed by atoms with Gasteiger partial charge < -0.3 is 5.73 Å². The number of halogens is 1. The molecule has 0 spiro atoms. The SMILES string of the molecule is C/C(=N/NC(=O)CN)c1ccncc1.Cl. The molecule has 1 rings (SSSR count). The predicted octanol–water partition coefficient (Wildman–Crippen LogP) is 0.302. The number of hydrogen-bond donors (Lipinski definition) is 2. The summed E-state index contributed by atoms with van der Waals surface area (Å²) < 4.78 is 0. The predicted molar refractivity (Wildman–Crippen MR) is 60.9 cm³/mol. The molecule has 1 aromatic heterocycles. The number of amides is 1. The molecule has 0 aliphatic carbocycles. The fourth-order valence-electron chi connectivity index (χ4n) is 0.850. The number of carbonyl (C=O) groups excluding carboxylic acids is 1. The summed E-state index contributed by atoms with van der Waals surface area (Å²) in [4.78, 5) is 14.7. The van der Waals surface area contributed by atoms with Crippen molar-refractivity contribution in [2.75, 3.05) is 6.54 Å². The second-order valence-electron chi connectivity index (χ2n) is 2.67. The van der Waals surface area contributed by atoms with Crippen LogP contribution in [0.1, 0.15) is 12.5 Å². The summed E-state index contributed by atoms with van der Waals surface area (Å²) in [5.41, 5.74) is 9.07. The van der Waals surface area contributed by atoms with Gasteiger partial charge in [0, 0.05) is 18.0 Å². The van der Waals surface area contributed by atoms with Crippen LogP contribution in [0.5, 0.6) is 0 Å². The van der Waals surface area contributed by atoms with E-state index in [0.29, 0.717) is 5.71 Å². The quantitative estimate of drug-likeness (QED) is 0.577. The summed E-state index contributed by atoms with van der Waals surface area (Å²) in [5.74, 6) is -0.307. The minimum absolute atomic E-state index is 0. The third-order valence-electron chi connectivity index (χ3n) is 1.63. The number of rotatable bonds is 3. The van der Waals surface area contributed by atoms with E-state index in [0.717, 1.165) is 5.56 Å². The van der Waals surface area contributed by atoms with Crippen molar-refractivity contribution in [3.05, 3.63) is 30.1 Å². The highest BCUT2D eigenvalue weighted by Gasteiger charge is 1.97. The van der Waals surface area contributed by atoms with Gasteiger partial charge in [0.15, 0.2) is 0 Å². The Morgan fingerprint density at radius 2 is 2.13 bits per heavy atom. The van der Waals surface area contributed by atoms with Crippen LogP contribution in [-0.2, 0) is 4.79 Å². The molecule has 5 nitrogen and oxygen atoms in total. The number of nitrogens with zero attached hydrogens (tertiary/aromatic N) is 2. The maximum absolute atomic E-state index is 10.8. The topological polar surface area (TPSA) is 80.4 Å². The zero-order valence-corrected chi connectivity index (χ0v) is 9.12. The highest BCUT2D eigenvalue weighted by molar-refractivity contribution is 5.99. The minimum Gasteiger partial charge on any atom is -0.322 e. The monoisotopic (exact) mass is 228 g/mol. The molecule has 3 N–H and O–H groups in total. The molecule has 1 heterocycles. The molecule has 0 fully saturated rings. The van der Waals surface area contributed by atoms with E-state index in [1.54, 1.807) is 19.3 Å². The Kier molecular flexibility index (Phi) is 6.24. The maximum atomic E-state index is 10.8. The molecular formula is C9H13ClN4O. The van der Waals surface area contributed by atoms with Crippen LogP contribution in [0.15, 0.2) is 29.6 Å². The van der Waals surface area contributed by atoms with Crippen molar-refractivity contribution < 1.29 is 4.79 Å². The van der Waals surface area contributed by atoms with Crippen LogP contribution >= 0.6 is 12.4 Å². The number of aromatic nitrogens is 1. The van der Waals surface area contributed by atoms with Crippen LogP contribution in [0.25, 0.3) is 0 Å². The molecule has 0 saturated heterocycles. The van der Waals surface area contributed by atoms with E-state index in [1.807, 2.05) is 12.1 Å². The van der Waals surface area contributed by atoms with E-state index in [9.17, 15) is 4.79 Å². The second-order valence-corrected chi connectivity index (χ2v) is 2.67. The summed E-state index contributed by atoms with van der Waals surface area (Å²) in [6, 6.07) is 3.63. The fraction of sp³-hybridized carbons (Fsp3) is 0.222. The summed E-state index contributed by atoms with van der Waals surface area (Å²) in [6.07, 6.45) is 3.33. The first-order valence-electron chi connectivity index (χ1n) is 4.17. The molecule has 15 heavy (non-hydrogen) atoms. The Hall–Kier alpha value is -1.46. The molecule has 0 radical (unpaired) electrons. The molecule has 0 aromatic carbocycles. The zero-order chi connectivity index (χ0) is 10.4. The van der Waals surface area contributed by atoms with Gasteiger partial charge in [0.25, 0.3) is 5.91 Å². The molecule has 0 unspecified atom stereocenters. The van der Waals surface area contributed by atoms with Gasteiger partial charge in [-0.25, -0.2) is 5.43 Å². The van der Waals surface area contributed by atoms with E-state index < -0.39 is 0 Å². The molecule has 0 aliphatic heterocycles. The van der Waals surface area contributed by atoms with Crippen LogP contribution < -0.4 is 11.2 Å². The lowest BCUT2D eigenvalue weighted by atomic mass is 10.2. The van der Waals surface area contributed by atoms with E-state index in [-0.39, 0.29) is 24.9 Å². The molecule has 82 valence electrons. The number of carbonyl (C=O) groups is 1. The van der Waals surface area contributed by atoms with Gasteiger partial charge in [-0.15, -0.1) is 12.4 Å². The van der Waals surface area contributed by atoms with Gasteiger partial charge in [0.1, 0.15) is 0 Å². The van der Waals surface area contributed by atoms with E-state index >= 15 is 0 Å². The van der Waals surface area contributed by atoms with Gasteiger partial charge >= 0.3 is 0 Å². The first kappa shape index (κ1) is 13.5. The summed E-state index contributed by atoms with van der Waals surface area (Å²) in [6.45, 7) is 1.74. The summed E-state index contributed by atoms with van der Waals surface area (Å²) in [5, 5.41) is 3.87. The number of hydrazone groups is 1. The lowest BCUT2D eigenvalue weighted by Gasteiger charge is -2.00. The van der Waals surface area contributed by atoms with Crippen LogP contribution in [0.4, 0.5) is 0 Å². The molecule has 1 aromatic rings. The molecule has 1 amide bonds. The number of nitrogens with two attached hydrogens (primary N) is 1. The zero-order valence-electron chi connectivity index (χ0n) is 8.30. The highest BCUT2D eigenvalue weighted by atomic mass is 35.5. The molecule has 0 aliphatic rings. The van der Waals surface area contributed by atoms with Crippen LogP contribution in [0.3, 0.4) is 0 Å².